The number of methoxy groups -OCH3 is 1. The van der Waals surface area contributed by atoms with E-state index in [0.717, 1.165) is 42.3 Å². The minimum atomic E-state index is -0.312. The van der Waals surface area contributed by atoms with Crippen LogP contribution in [0.3, 0.4) is 0 Å². The lowest BCUT2D eigenvalue weighted by Gasteiger charge is -2.27. The van der Waals surface area contributed by atoms with Crippen molar-refractivity contribution in [1.29, 1.82) is 0 Å². The molecule has 1 amide bonds. The van der Waals surface area contributed by atoms with Crippen molar-refractivity contribution in [3.63, 3.8) is 0 Å². The molecule has 130 valence electrons. The molecule has 2 aromatic heterocycles. The Morgan fingerprint density at radius 3 is 2.92 bits per heavy atom. The molecule has 0 bridgehead atoms. The molecular formula is C18H25N3O3. The summed E-state index contributed by atoms with van der Waals surface area (Å²) in [7, 11) is 1.64. The van der Waals surface area contributed by atoms with E-state index in [1.807, 2.05) is 48.6 Å². The van der Waals surface area contributed by atoms with E-state index in [4.69, 9.17) is 9.15 Å². The SMILES string of the molecule is COCc1ccc([C@@H]2CCCN2C(=O)[C@H](C)n2nc(C)cc2C)o1. The van der Waals surface area contributed by atoms with Crippen LogP contribution in [-0.4, -0.2) is 34.2 Å². The van der Waals surface area contributed by atoms with Crippen LogP contribution in [0.4, 0.5) is 0 Å². The number of carbonyl (C=O) groups excluding carboxylic acids is 1. The highest BCUT2D eigenvalue weighted by Crippen LogP contribution is 2.34. The lowest BCUT2D eigenvalue weighted by Crippen LogP contribution is -2.36. The van der Waals surface area contributed by atoms with Gasteiger partial charge in [-0.3, -0.25) is 9.48 Å². The minimum Gasteiger partial charge on any atom is -0.461 e. The molecule has 1 saturated heterocycles. The van der Waals surface area contributed by atoms with Crippen LogP contribution in [-0.2, 0) is 16.1 Å². The quantitative estimate of drug-likeness (QED) is 0.844. The summed E-state index contributed by atoms with van der Waals surface area (Å²) in [4.78, 5) is 14.9. The van der Waals surface area contributed by atoms with Crippen LogP contribution in [0.5, 0.6) is 0 Å². The van der Waals surface area contributed by atoms with E-state index in [-0.39, 0.29) is 18.0 Å². The summed E-state index contributed by atoms with van der Waals surface area (Å²) in [6.07, 6.45) is 1.91. The van der Waals surface area contributed by atoms with Crippen molar-refractivity contribution in [3.8, 4) is 0 Å². The highest BCUT2D eigenvalue weighted by molar-refractivity contribution is 5.80. The van der Waals surface area contributed by atoms with Crippen LogP contribution < -0.4 is 0 Å². The zero-order valence-electron chi connectivity index (χ0n) is 14.8. The van der Waals surface area contributed by atoms with Gasteiger partial charge in [-0.05, 0) is 51.8 Å². The van der Waals surface area contributed by atoms with Gasteiger partial charge in [0.25, 0.3) is 0 Å². The summed E-state index contributed by atoms with van der Waals surface area (Å²) in [6.45, 7) is 7.04. The zero-order valence-corrected chi connectivity index (χ0v) is 14.8. The average molecular weight is 331 g/mol. The first-order valence-corrected chi connectivity index (χ1v) is 8.42. The Kier molecular flexibility index (Phi) is 4.76. The fraction of sp³-hybridized carbons (Fsp3) is 0.556. The zero-order chi connectivity index (χ0) is 17.3. The van der Waals surface area contributed by atoms with E-state index < -0.39 is 0 Å². The molecule has 6 heteroatoms. The number of aryl methyl sites for hydroxylation is 2. The lowest BCUT2D eigenvalue weighted by atomic mass is 10.1. The van der Waals surface area contributed by atoms with Gasteiger partial charge < -0.3 is 14.1 Å². The maximum absolute atomic E-state index is 13.0. The fourth-order valence-corrected chi connectivity index (χ4v) is 3.50. The van der Waals surface area contributed by atoms with E-state index in [0.29, 0.717) is 6.61 Å². The Morgan fingerprint density at radius 2 is 2.25 bits per heavy atom. The van der Waals surface area contributed by atoms with Gasteiger partial charge in [-0.25, -0.2) is 0 Å². The molecule has 2 atom stereocenters. The van der Waals surface area contributed by atoms with Crippen LogP contribution >= 0.6 is 0 Å². The molecule has 0 spiro atoms. The number of aromatic nitrogens is 2. The van der Waals surface area contributed by atoms with E-state index in [9.17, 15) is 4.79 Å². The van der Waals surface area contributed by atoms with Gasteiger partial charge in [-0.2, -0.15) is 5.10 Å². The van der Waals surface area contributed by atoms with Crippen molar-refractivity contribution in [2.75, 3.05) is 13.7 Å². The van der Waals surface area contributed by atoms with Gasteiger partial charge in [0.1, 0.15) is 24.2 Å². The van der Waals surface area contributed by atoms with Gasteiger partial charge in [0.2, 0.25) is 5.91 Å². The second kappa shape index (κ2) is 6.81. The minimum absolute atomic E-state index is 0.00233. The summed E-state index contributed by atoms with van der Waals surface area (Å²) >= 11 is 0. The molecule has 0 aliphatic carbocycles. The molecule has 0 unspecified atom stereocenters. The molecule has 1 aliphatic rings. The first-order valence-electron chi connectivity index (χ1n) is 8.42. The van der Waals surface area contributed by atoms with Crippen LogP contribution in [0.2, 0.25) is 0 Å². The van der Waals surface area contributed by atoms with Gasteiger partial charge >= 0.3 is 0 Å². The van der Waals surface area contributed by atoms with Crippen molar-refractivity contribution in [2.45, 2.75) is 52.3 Å². The predicted octanol–water partition coefficient (Wildman–Crippen LogP) is 3.16. The molecule has 0 radical (unpaired) electrons. The molecular weight excluding hydrogens is 306 g/mol. The normalized spacial score (nSPS) is 19.0. The number of likely N-dealkylation sites (tertiary alicyclic amines) is 1. The summed E-state index contributed by atoms with van der Waals surface area (Å²) < 4.78 is 12.8. The summed E-state index contributed by atoms with van der Waals surface area (Å²) in [6, 6.07) is 5.56. The number of hydrogen-bond acceptors (Lipinski definition) is 4. The lowest BCUT2D eigenvalue weighted by molar-refractivity contribution is -0.135. The van der Waals surface area contributed by atoms with E-state index in [1.165, 1.54) is 0 Å². The Bertz CT molecular complexity index is 719. The first-order chi connectivity index (χ1) is 11.5. The van der Waals surface area contributed by atoms with Gasteiger partial charge in [0, 0.05) is 19.3 Å². The van der Waals surface area contributed by atoms with Gasteiger partial charge in [0.05, 0.1) is 11.7 Å². The van der Waals surface area contributed by atoms with Crippen LogP contribution in [0.1, 0.15) is 54.8 Å². The second-order valence-corrected chi connectivity index (χ2v) is 6.47. The highest BCUT2D eigenvalue weighted by atomic mass is 16.5. The largest absolute Gasteiger partial charge is 0.461 e. The van der Waals surface area contributed by atoms with E-state index >= 15 is 0 Å². The molecule has 1 aliphatic heterocycles. The molecule has 3 heterocycles. The number of amides is 1. The summed E-state index contributed by atoms with van der Waals surface area (Å²) in [5.41, 5.74) is 1.94. The monoisotopic (exact) mass is 331 g/mol. The topological polar surface area (TPSA) is 60.5 Å². The molecule has 6 nitrogen and oxygen atoms in total. The van der Waals surface area contributed by atoms with Crippen LogP contribution in [0, 0.1) is 13.8 Å². The van der Waals surface area contributed by atoms with Gasteiger partial charge in [0.15, 0.2) is 0 Å². The average Bonchev–Trinajstić information content (AvgIpc) is 3.25. The van der Waals surface area contributed by atoms with Crippen LogP contribution in [0.25, 0.3) is 0 Å². The van der Waals surface area contributed by atoms with Gasteiger partial charge in [-0.1, -0.05) is 0 Å². The number of ether oxygens (including phenoxy) is 1. The molecule has 0 N–H and O–H groups in total. The Hall–Kier alpha value is -2.08. The number of rotatable bonds is 5. The molecule has 1 fully saturated rings. The number of hydrogen-bond donors (Lipinski definition) is 0. The predicted molar refractivity (Wildman–Crippen MR) is 89.5 cm³/mol. The maximum atomic E-state index is 13.0. The van der Waals surface area contributed by atoms with Crippen molar-refractivity contribution in [1.82, 2.24) is 14.7 Å². The second-order valence-electron chi connectivity index (χ2n) is 6.47. The molecule has 24 heavy (non-hydrogen) atoms. The highest BCUT2D eigenvalue weighted by Gasteiger charge is 2.35. The van der Waals surface area contributed by atoms with Crippen molar-refractivity contribution >= 4 is 5.91 Å². The first kappa shape index (κ1) is 16.8. The summed E-state index contributed by atoms with van der Waals surface area (Å²) in [5, 5.41) is 4.46. The Labute approximate surface area is 142 Å². The van der Waals surface area contributed by atoms with Crippen molar-refractivity contribution < 1.29 is 13.9 Å². The summed E-state index contributed by atoms with van der Waals surface area (Å²) in [5.74, 6) is 1.72. The van der Waals surface area contributed by atoms with E-state index in [1.54, 1.807) is 7.11 Å². The van der Waals surface area contributed by atoms with E-state index in [2.05, 4.69) is 5.10 Å². The third-order valence-corrected chi connectivity index (χ3v) is 4.60. The standard InChI is InChI=1S/C18H25N3O3/c1-12-10-13(2)21(19-12)14(3)18(22)20-9-5-6-16(20)17-8-7-15(24-17)11-23-4/h7-8,10,14,16H,5-6,9,11H2,1-4H3/t14-,16-/m0/s1. The number of nitrogens with zero attached hydrogens (tertiary/aromatic N) is 3. The Morgan fingerprint density at radius 1 is 1.46 bits per heavy atom. The molecule has 2 aromatic rings. The van der Waals surface area contributed by atoms with Crippen LogP contribution in [0.15, 0.2) is 22.6 Å². The smallest absolute Gasteiger partial charge is 0.247 e. The number of furan rings is 1. The Balaban J connectivity index is 1.79. The molecule has 3 rings (SSSR count). The number of carbonyl (C=O) groups is 1. The fourth-order valence-electron chi connectivity index (χ4n) is 3.50. The molecule has 0 aromatic carbocycles. The van der Waals surface area contributed by atoms with Crippen molar-refractivity contribution in [2.24, 2.45) is 0 Å². The third-order valence-electron chi connectivity index (χ3n) is 4.60. The molecule has 0 saturated carbocycles. The maximum Gasteiger partial charge on any atom is 0.247 e. The van der Waals surface area contributed by atoms with Crippen molar-refractivity contribution in [3.05, 3.63) is 41.1 Å². The third kappa shape index (κ3) is 3.11. The van der Waals surface area contributed by atoms with Gasteiger partial charge in [-0.15, -0.1) is 0 Å².